The highest BCUT2D eigenvalue weighted by Crippen LogP contribution is 2.62. The monoisotopic (exact) mass is 338 g/mol. The van der Waals surface area contributed by atoms with Crippen LogP contribution in [0.4, 0.5) is 26.3 Å². The minimum absolute atomic E-state index is 0.00551. The largest absolute Gasteiger partial charge is 0.508 e. The van der Waals surface area contributed by atoms with Gasteiger partial charge in [-0.05, 0) is 49.8 Å². The fourth-order valence-corrected chi connectivity index (χ4v) is 3.54. The van der Waals surface area contributed by atoms with Gasteiger partial charge < -0.3 is 5.11 Å². The van der Waals surface area contributed by atoms with Crippen molar-refractivity contribution in [1.29, 1.82) is 0 Å². The third kappa shape index (κ3) is 2.68. The lowest BCUT2D eigenvalue weighted by molar-refractivity contribution is -0.160. The van der Waals surface area contributed by atoms with Crippen molar-refractivity contribution in [3.63, 3.8) is 0 Å². The zero-order valence-electron chi connectivity index (χ0n) is 12.4. The third-order valence-electron chi connectivity index (χ3n) is 5.11. The maximum Gasteiger partial charge on any atom is 0.398 e. The summed E-state index contributed by atoms with van der Waals surface area (Å²) in [4.78, 5) is 0. The number of phenols is 1. The molecule has 1 N–H and O–H groups in total. The topological polar surface area (TPSA) is 20.2 Å². The van der Waals surface area contributed by atoms with Crippen LogP contribution in [-0.4, -0.2) is 17.5 Å². The summed E-state index contributed by atoms with van der Waals surface area (Å²) in [7, 11) is 0. The normalized spacial score (nSPS) is 22.0. The highest BCUT2D eigenvalue weighted by atomic mass is 19.4. The van der Waals surface area contributed by atoms with E-state index in [1.54, 1.807) is 0 Å². The van der Waals surface area contributed by atoms with Crippen LogP contribution in [-0.2, 0) is 10.8 Å². The fraction of sp³-hybridized carbons (Fsp3) is 0.625. The molecule has 0 heterocycles. The summed E-state index contributed by atoms with van der Waals surface area (Å²) in [6, 6.07) is 2.34. The van der Waals surface area contributed by atoms with Gasteiger partial charge in [-0.2, -0.15) is 26.3 Å². The van der Waals surface area contributed by atoms with Gasteiger partial charge in [0.2, 0.25) is 0 Å². The van der Waals surface area contributed by atoms with Gasteiger partial charge in [0, 0.05) is 11.0 Å². The Labute approximate surface area is 129 Å². The molecule has 0 aliphatic heterocycles. The molecule has 0 aromatic heterocycles. The zero-order valence-corrected chi connectivity index (χ0v) is 12.4. The lowest BCUT2D eigenvalue weighted by Crippen LogP contribution is -2.30. The van der Waals surface area contributed by atoms with Crippen molar-refractivity contribution in [2.75, 3.05) is 0 Å². The molecule has 1 aromatic rings. The molecule has 2 saturated carbocycles. The number of hydrogen-bond acceptors (Lipinski definition) is 1. The van der Waals surface area contributed by atoms with E-state index < -0.39 is 29.6 Å². The molecular weight excluding hydrogens is 322 g/mol. The van der Waals surface area contributed by atoms with E-state index in [1.165, 1.54) is 19.1 Å². The Morgan fingerprint density at radius 2 is 1.52 bits per heavy atom. The van der Waals surface area contributed by atoms with Crippen LogP contribution < -0.4 is 0 Å². The first-order valence-electron chi connectivity index (χ1n) is 7.38. The highest BCUT2D eigenvalue weighted by molar-refractivity contribution is 5.52. The van der Waals surface area contributed by atoms with Crippen molar-refractivity contribution >= 4 is 0 Å². The first-order valence-corrected chi connectivity index (χ1v) is 7.38. The maximum absolute atomic E-state index is 13.3. The molecule has 1 nitrogen and oxygen atoms in total. The van der Waals surface area contributed by atoms with Crippen molar-refractivity contribution in [2.45, 2.75) is 62.2 Å². The van der Waals surface area contributed by atoms with Crippen LogP contribution in [0.3, 0.4) is 0 Å². The molecule has 0 spiro atoms. The predicted octanol–water partition coefficient (Wildman–Crippen LogP) is 5.28. The number of aromatic hydroxyl groups is 1. The van der Waals surface area contributed by atoms with Gasteiger partial charge in [-0.25, -0.2) is 0 Å². The van der Waals surface area contributed by atoms with E-state index in [2.05, 4.69) is 0 Å². The highest BCUT2D eigenvalue weighted by Gasteiger charge is 2.65. The fourth-order valence-electron chi connectivity index (χ4n) is 3.54. The number of aryl methyl sites for hydroxylation is 1. The average molecular weight is 338 g/mol. The standard InChI is InChI=1S/C16H16F6O/c1-9-6-12(23)11(13(2-3-13)8-15(17,18)19)7-10(9)14(4-5-14)16(20,21)22/h6-7,23H,2-5,8H2,1H3. The van der Waals surface area contributed by atoms with Gasteiger partial charge in [0.05, 0.1) is 11.8 Å². The Kier molecular flexibility index (Phi) is 3.27. The predicted molar refractivity (Wildman–Crippen MR) is 71.4 cm³/mol. The summed E-state index contributed by atoms with van der Waals surface area (Å²) in [6.45, 7) is 1.45. The molecule has 1 aromatic carbocycles. The first-order chi connectivity index (χ1) is 10.4. The Balaban J connectivity index is 2.06. The Morgan fingerprint density at radius 3 is 1.91 bits per heavy atom. The molecule has 128 valence electrons. The summed E-state index contributed by atoms with van der Waals surface area (Å²) in [5.41, 5.74) is -2.96. The van der Waals surface area contributed by atoms with E-state index in [4.69, 9.17) is 0 Å². The van der Waals surface area contributed by atoms with Crippen LogP contribution in [0.5, 0.6) is 5.75 Å². The molecule has 0 radical (unpaired) electrons. The van der Waals surface area contributed by atoms with Crippen LogP contribution in [0.1, 0.15) is 48.8 Å². The van der Waals surface area contributed by atoms with E-state index >= 15 is 0 Å². The van der Waals surface area contributed by atoms with Crippen molar-refractivity contribution in [3.05, 3.63) is 28.8 Å². The van der Waals surface area contributed by atoms with Crippen molar-refractivity contribution in [2.24, 2.45) is 0 Å². The lowest BCUT2D eigenvalue weighted by atomic mass is 9.83. The summed E-state index contributed by atoms with van der Waals surface area (Å²) in [5, 5.41) is 10.0. The summed E-state index contributed by atoms with van der Waals surface area (Å²) in [6.07, 6.45) is -9.65. The molecule has 7 heteroatoms. The minimum atomic E-state index is -4.44. The van der Waals surface area contributed by atoms with E-state index in [0.29, 0.717) is 0 Å². The van der Waals surface area contributed by atoms with Gasteiger partial charge in [0.1, 0.15) is 5.75 Å². The van der Waals surface area contributed by atoms with E-state index in [-0.39, 0.29) is 48.1 Å². The molecule has 2 fully saturated rings. The lowest BCUT2D eigenvalue weighted by Gasteiger charge is -2.25. The van der Waals surface area contributed by atoms with Gasteiger partial charge >= 0.3 is 12.4 Å². The van der Waals surface area contributed by atoms with Crippen molar-refractivity contribution in [3.8, 4) is 5.75 Å². The second-order valence-electron chi connectivity index (χ2n) is 6.84. The molecule has 0 saturated heterocycles. The van der Waals surface area contributed by atoms with Crippen molar-refractivity contribution in [1.82, 2.24) is 0 Å². The molecule has 3 rings (SSSR count). The number of phenolic OH excluding ortho intramolecular Hbond substituents is 1. The Bertz CT molecular complexity index is 635. The van der Waals surface area contributed by atoms with Gasteiger partial charge in [-0.3, -0.25) is 0 Å². The number of hydrogen-bond donors (Lipinski definition) is 1. The maximum atomic E-state index is 13.3. The van der Waals surface area contributed by atoms with Gasteiger partial charge in [0.15, 0.2) is 0 Å². The van der Waals surface area contributed by atoms with Gasteiger partial charge in [-0.15, -0.1) is 0 Å². The van der Waals surface area contributed by atoms with Gasteiger partial charge in [0.25, 0.3) is 0 Å². The van der Waals surface area contributed by atoms with E-state index in [9.17, 15) is 31.4 Å². The SMILES string of the molecule is Cc1cc(O)c(C2(CC(F)(F)F)CC2)cc1C1(C(F)(F)F)CC1. The molecule has 23 heavy (non-hydrogen) atoms. The van der Waals surface area contributed by atoms with Crippen LogP contribution >= 0.6 is 0 Å². The first kappa shape index (κ1) is 16.5. The van der Waals surface area contributed by atoms with Crippen molar-refractivity contribution < 1.29 is 31.4 Å². The van der Waals surface area contributed by atoms with Crippen LogP contribution in [0.2, 0.25) is 0 Å². The molecule has 0 unspecified atom stereocenters. The average Bonchev–Trinajstić information content (AvgIpc) is 3.21. The third-order valence-corrected chi connectivity index (χ3v) is 5.11. The molecular formula is C16H16F6O. The quantitative estimate of drug-likeness (QED) is 0.744. The molecule has 0 amide bonds. The second kappa shape index (κ2) is 4.57. The number of alkyl halides is 6. The van der Waals surface area contributed by atoms with Crippen LogP contribution in [0, 0.1) is 6.92 Å². The number of halogens is 6. The Hall–Kier alpha value is -1.40. The molecule has 2 aliphatic carbocycles. The smallest absolute Gasteiger partial charge is 0.398 e. The van der Waals surface area contributed by atoms with Gasteiger partial charge in [-0.1, -0.05) is 6.07 Å². The van der Waals surface area contributed by atoms with Crippen LogP contribution in [0.25, 0.3) is 0 Å². The second-order valence-corrected chi connectivity index (χ2v) is 6.84. The summed E-state index contributed by atoms with van der Waals surface area (Å²) < 4.78 is 78.3. The number of rotatable bonds is 3. The van der Waals surface area contributed by atoms with E-state index in [1.807, 2.05) is 0 Å². The Morgan fingerprint density at radius 1 is 0.957 bits per heavy atom. The zero-order chi connectivity index (χ0) is 17.3. The molecule has 0 bridgehead atoms. The minimum Gasteiger partial charge on any atom is -0.508 e. The number of benzene rings is 1. The summed E-state index contributed by atoms with van der Waals surface area (Å²) in [5.74, 6) is -0.342. The molecule has 0 atom stereocenters. The molecule has 2 aliphatic rings. The summed E-state index contributed by atoms with van der Waals surface area (Å²) >= 11 is 0. The van der Waals surface area contributed by atoms with E-state index in [0.717, 1.165) is 0 Å². The van der Waals surface area contributed by atoms with Crippen LogP contribution in [0.15, 0.2) is 12.1 Å².